The molecule has 16 heavy (non-hydrogen) atoms. The summed E-state index contributed by atoms with van der Waals surface area (Å²) in [4.78, 5) is 9.06. The Morgan fingerprint density at radius 3 is 2.81 bits per heavy atom. The van der Waals surface area contributed by atoms with Crippen molar-refractivity contribution in [3.63, 3.8) is 0 Å². The van der Waals surface area contributed by atoms with E-state index >= 15 is 0 Å². The molecule has 88 valence electrons. The van der Waals surface area contributed by atoms with Gasteiger partial charge >= 0.3 is 0 Å². The highest BCUT2D eigenvalue weighted by atomic mass is 32.1. The van der Waals surface area contributed by atoms with Gasteiger partial charge in [-0.05, 0) is 31.6 Å². The van der Waals surface area contributed by atoms with Crippen molar-refractivity contribution >= 4 is 12.6 Å². The van der Waals surface area contributed by atoms with Crippen molar-refractivity contribution < 1.29 is 4.74 Å². The summed E-state index contributed by atoms with van der Waals surface area (Å²) in [5.41, 5.74) is 2.25. The molecule has 1 fully saturated rings. The number of nitrogens with zero attached hydrogens (tertiary/aromatic N) is 2. The first-order chi connectivity index (χ1) is 7.79. The summed E-state index contributed by atoms with van der Waals surface area (Å²) < 4.78 is 5.37. The molecule has 0 aliphatic carbocycles. The standard InChI is InChI=1S/C12H18N2OS/c1-9-8-11(10-2-5-15-6-3-10)14-12(13-9)4-7-16/h8,10,16H,2-7H2,1H3. The van der Waals surface area contributed by atoms with Gasteiger partial charge in [0, 0.05) is 36.9 Å². The number of ether oxygens (including phenoxy) is 1. The minimum Gasteiger partial charge on any atom is -0.381 e. The van der Waals surface area contributed by atoms with Gasteiger partial charge < -0.3 is 4.74 Å². The fraction of sp³-hybridized carbons (Fsp3) is 0.667. The molecule has 1 aliphatic heterocycles. The molecular weight excluding hydrogens is 220 g/mol. The van der Waals surface area contributed by atoms with E-state index in [-0.39, 0.29) is 0 Å². The van der Waals surface area contributed by atoms with Crippen LogP contribution in [0.5, 0.6) is 0 Å². The second-order valence-corrected chi connectivity index (χ2v) is 4.66. The van der Waals surface area contributed by atoms with E-state index in [9.17, 15) is 0 Å². The summed E-state index contributed by atoms with van der Waals surface area (Å²) in [5.74, 6) is 2.28. The Morgan fingerprint density at radius 2 is 2.12 bits per heavy atom. The lowest BCUT2D eigenvalue weighted by Crippen LogP contribution is -2.16. The molecule has 4 heteroatoms. The Balaban J connectivity index is 2.18. The van der Waals surface area contributed by atoms with Gasteiger partial charge in [-0.3, -0.25) is 0 Å². The molecule has 1 aromatic heterocycles. The second kappa shape index (κ2) is 5.64. The largest absolute Gasteiger partial charge is 0.381 e. The summed E-state index contributed by atoms with van der Waals surface area (Å²) in [5, 5.41) is 0. The van der Waals surface area contributed by atoms with Crippen LogP contribution in [0.25, 0.3) is 0 Å². The summed E-state index contributed by atoms with van der Waals surface area (Å²) in [6.07, 6.45) is 3.01. The maximum Gasteiger partial charge on any atom is 0.129 e. The van der Waals surface area contributed by atoms with E-state index in [4.69, 9.17) is 4.74 Å². The van der Waals surface area contributed by atoms with Crippen LogP contribution < -0.4 is 0 Å². The molecule has 1 aromatic rings. The highest BCUT2D eigenvalue weighted by Crippen LogP contribution is 2.25. The zero-order valence-electron chi connectivity index (χ0n) is 9.65. The highest BCUT2D eigenvalue weighted by Gasteiger charge is 2.18. The Bertz CT molecular complexity index is 351. The van der Waals surface area contributed by atoms with Crippen LogP contribution in [0, 0.1) is 6.92 Å². The summed E-state index contributed by atoms with van der Waals surface area (Å²) in [6.45, 7) is 3.75. The quantitative estimate of drug-likeness (QED) is 0.820. The lowest BCUT2D eigenvalue weighted by molar-refractivity contribution is 0.0844. The Hall–Kier alpha value is -0.610. The first kappa shape index (κ1) is 11.9. The number of thiol groups is 1. The molecule has 0 atom stereocenters. The Labute approximate surface area is 102 Å². The number of hydrogen-bond donors (Lipinski definition) is 1. The molecule has 0 saturated carbocycles. The smallest absolute Gasteiger partial charge is 0.129 e. The number of rotatable bonds is 3. The fourth-order valence-corrected chi connectivity index (χ4v) is 2.27. The summed E-state index contributed by atoms with van der Waals surface area (Å²) in [6, 6.07) is 2.11. The van der Waals surface area contributed by atoms with E-state index in [2.05, 4.69) is 28.7 Å². The maximum atomic E-state index is 5.37. The van der Waals surface area contributed by atoms with E-state index in [0.29, 0.717) is 5.92 Å². The maximum absolute atomic E-state index is 5.37. The molecule has 2 rings (SSSR count). The summed E-state index contributed by atoms with van der Waals surface area (Å²) >= 11 is 4.23. The van der Waals surface area contributed by atoms with E-state index < -0.39 is 0 Å². The van der Waals surface area contributed by atoms with Gasteiger partial charge in [-0.15, -0.1) is 0 Å². The van der Waals surface area contributed by atoms with Crippen LogP contribution in [0.15, 0.2) is 6.07 Å². The van der Waals surface area contributed by atoms with Gasteiger partial charge in [0.15, 0.2) is 0 Å². The minimum absolute atomic E-state index is 0.550. The molecule has 0 amide bonds. The minimum atomic E-state index is 0.550. The van der Waals surface area contributed by atoms with Gasteiger partial charge in [0.25, 0.3) is 0 Å². The zero-order chi connectivity index (χ0) is 11.4. The third kappa shape index (κ3) is 2.95. The second-order valence-electron chi connectivity index (χ2n) is 4.21. The normalized spacial score (nSPS) is 17.6. The number of aryl methyl sites for hydroxylation is 2. The average Bonchev–Trinajstić information content (AvgIpc) is 2.30. The first-order valence-corrected chi connectivity index (χ1v) is 6.46. The molecule has 1 saturated heterocycles. The van der Waals surface area contributed by atoms with Crippen LogP contribution in [0.2, 0.25) is 0 Å². The van der Waals surface area contributed by atoms with Gasteiger partial charge in [-0.25, -0.2) is 9.97 Å². The Kier molecular flexibility index (Phi) is 4.18. The number of aromatic nitrogens is 2. The zero-order valence-corrected chi connectivity index (χ0v) is 10.5. The van der Waals surface area contributed by atoms with Gasteiger partial charge in [0.2, 0.25) is 0 Å². The van der Waals surface area contributed by atoms with Crippen molar-refractivity contribution in [3.05, 3.63) is 23.3 Å². The molecule has 2 heterocycles. The molecular formula is C12H18N2OS. The molecule has 0 N–H and O–H groups in total. The molecule has 3 nitrogen and oxygen atoms in total. The van der Waals surface area contributed by atoms with E-state index in [0.717, 1.165) is 49.7 Å². The summed E-state index contributed by atoms with van der Waals surface area (Å²) in [7, 11) is 0. The van der Waals surface area contributed by atoms with Gasteiger partial charge in [0.05, 0.1) is 0 Å². The van der Waals surface area contributed by atoms with Crippen molar-refractivity contribution in [1.82, 2.24) is 9.97 Å². The van der Waals surface area contributed by atoms with Gasteiger partial charge in [-0.2, -0.15) is 12.6 Å². The molecule has 0 spiro atoms. The molecule has 0 radical (unpaired) electrons. The third-order valence-corrected chi connectivity index (χ3v) is 3.12. The van der Waals surface area contributed by atoms with Gasteiger partial charge in [-0.1, -0.05) is 0 Å². The third-order valence-electron chi connectivity index (χ3n) is 2.90. The molecule has 0 aromatic carbocycles. The van der Waals surface area contributed by atoms with Crippen LogP contribution in [0.3, 0.4) is 0 Å². The topological polar surface area (TPSA) is 35.0 Å². The Morgan fingerprint density at radius 1 is 1.38 bits per heavy atom. The molecule has 1 aliphatic rings. The number of hydrogen-bond acceptors (Lipinski definition) is 4. The van der Waals surface area contributed by atoms with Crippen LogP contribution in [-0.4, -0.2) is 28.9 Å². The fourth-order valence-electron chi connectivity index (χ4n) is 2.07. The first-order valence-electron chi connectivity index (χ1n) is 5.82. The van der Waals surface area contributed by atoms with E-state index in [1.54, 1.807) is 0 Å². The average molecular weight is 238 g/mol. The highest BCUT2D eigenvalue weighted by molar-refractivity contribution is 7.80. The van der Waals surface area contributed by atoms with E-state index in [1.807, 2.05) is 6.92 Å². The van der Waals surface area contributed by atoms with Crippen molar-refractivity contribution in [3.8, 4) is 0 Å². The lowest BCUT2D eigenvalue weighted by Gasteiger charge is -2.22. The van der Waals surface area contributed by atoms with Crippen LogP contribution >= 0.6 is 12.6 Å². The van der Waals surface area contributed by atoms with Gasteiger partial charge in [0.1, 0.15) is 5.82 Å². The predicted octanol–water partition coefficient (Wildman–Crippen LogP) is 2.15. The monoisotopic (exact) mass is 238 g/mol. The predicted molar refractivity (Wildman–Crippen MR) is 67.1 cm³/mol. The van der Waals surface area contributed by atoms with Crippen LogP contribution in [0.4, 0.5) is 0 Å². The van der Waals surface area contributed by atoms with Crippen molar-refractivity contribution in [1.29, 1.82) is 0 Å². The van der Waals surface area contributed by atoms with E-state index in [1.165, 1.54) is 5.69 Å². The van der Waals surface area contributed by atoms with Crippen molar-refractivity contribution in [2.75, 3.05) is 19.0 Å². The lowest BCUT2D eigenvalue weighted by atomic mass is 9.96. The molecule has 0 unspecified atom stereocenters. The van der Waals surface area contributed by atoms with Crippen molar-refractivity contribution in [2.24, 2.45) is 0 Å². The van der Waals surface area contributed by atoms with Crippen LogP contribution in [0.1, 0.15) is 36.0 Å². The van der Waals surface area contributed by atoms with Crippen molar-refractivity contribution in [2.45, 2.75) is 32.1 Å². The SMILES string of the molecule is Cc1cc(C2CCOCC2)nc(CCS)n1. The molecule has 0 bridgehead atoms. The van der Waals surface area contributed by atoms with Crippen LogP contribution in [-0.2, 0) is 11.2 Å².